The number of aldehydes is 1. The first-order valence-electron chi connectivity index (χ1n) is 8.50. The number of benzene rings is 2. The van der Waals surface area contributed by atoms with Crippen LogP contribution in [0, 0.1) is 0 Å². The van der Waals surface area contributed by atoms with Gasteiger partial charge in [0, 0.05) is 30.4 Å². The average Bonchev–Trinajstić information content (AvgIpc) is 3.21. The van der Waals surface area contributed by atoms with Gasteiger partial charge in [-0.15, -0.1) is 0 Å². The summed E-state index contributed by atoms with van der Waals surface area (Å²) in [5.41, 5.74) is 3.16. The van der Waals surface area contributed by atoms with Crippen molar-refractivity contribution in [3.63, 3.8) is 0 Å². The third kappa shape index (κ3) is 2.91. The van der Waals surface area contributed by atoms with Crippen molar-refractivity contribution in [1.29, 1.82) is 0 Å². The van der Waals surface area contributed by atoms with E-state index in [0.29, 0.717) is 11.3 Å². The van der Waals surface area contributed by atoms with Crippen LogP contribution in [0.15, 0.2) is 54.7 Å². The lowest BCUT2D eigenvalue weighted by Crippen LogP contribution is -2.28. The second kappa shape index (κ2) is 6.48. The fourth-order valence-electron chi connectivity index (χ4n) is 3.36. The summed E-state index contributed by atoms with van der Waals surface area (Å²) in [6.07, 6.45) is 4.77. The number of hydrogen-bond acceptors (Lipinski definition) is 3. The maximum Gasteiger partial charge on any atom is 0.272 e. The van der Waals surface area contributed by atoms with Crippen LogP contribution in [-0.2, 0) is 0 Å². The molecule has 1 amide bonds. The van der Waals surface area contributed by atoms with E-state index in [0.717, 1.165) is 54.1 Å². The standard InChI is InChI=1S/C21H18N2O2/c24-14-18-5-3-4-16-12-15(6-8-19(16)18)17-7-9-20(22-13-17)21(25)23-10-1-2-11-23/h3-9,12-14H,1-2,10-11H2. The Kier molecular flexibility index (Phi) is 4.02. The van der Waals surface area contributed by atoms with Crippen LogP contribution in [-0.4, -0.2) is 35.2 Å². The highest BCUT2D eigenvalue weighted by Crippen LogP contribution is 2.26. The number of rotatable bonds is 3. The average molecular weight is 330 g/mol. The van der Waals surface area contributed by atoms with E-state index < -0.39 is 0 Å². The van der Waals surface area contributed by atoms with Crippen molar-refractivity contribution >= 4 is 23.0 Å². The smallest absolute Gasteiger partial charge is 0.272 e. The number of nitrogens with zero attached hydrogens (tertiary/aromatic N) is 2. The van der Waals surface area contributed by atoms with E-state index in [2.05, 4.69) is 4.98 Å². The highest BCUT2D eigenvalue weighted by molar-refractivity contribution is 5.99. The van der Waals surface area contributed by atoms with Gasteiger partial charge in [-0.05, 0) is 41.3 Å². The highest BCUT2D eigenvalue weighted by Gasteiger charge is 2.20. The van der Waals surface area contributed by atoms with Crippen LogP contribution < -0.4 is 0 Å². The third-order valence-electron chi connectivity index (χ3n) is 4.75. The van der Waals surface area contributed by atoms with Gasteiger partial charge in [0.05, 0.1) is 0 Å². The zero-order chi connectivity index (χ0) is 17.2. The fourth-order valence-corrected chi connectivity index (χ4v) is 3.36. The van der Waals surface area contributed by atoms with Crippen LogP contribution in [0.1, 0.15) is 33.7 Å². The van der Waals surface area contributed by atoms with E-state index in [4.69, 9.17) is 0 Å². The lowest BCUT2D eigenvalue weighted by atomic mass is 9.99. The molecule has 4 nitrogen and oxygen atoms in total. The molecule has 25 heavy (non-hydrogen) atoms. The second-order valence-corrected chi connectivity index (χ2v) is 6.33. The Morgan fingerprint density at radius 2 is 1.80 bits per heavy atom. The fraction of sp³-hybridized carbons (Fsp3) is 0.190. The summed E-state index contributed by atoms with van der Waals surface area (Å²) in [6.45, 7) is 1.65. The van der Waals surface area contributed by atoms with E-state index >= 15 is 0 Å². The van der Waals surface area contributed by atoms with Gasteiger partial charge < -0.3 is 4.90 Å². The molecule has 0 saturated carbocycles. The minimum absolute atomic E-state index is 0.0122. The lowest BCUT2D eigenvalue weighted by molar-refractivity contribution is 0.0787. The first kappa shape index (κ1) is 15.5. The van der Waals surface area contributed by atoms with Gasteiger partial charge in [-0.1, -0.05) is 36.4 Å². The molecule has 1 aliphatic rings. The van der Waals surface area contributed by atoms with E-state index in [1.807, 2.05) is 47.4 Å². The number of aromatic nitrogens is 1. The summed E-state index contributed by atoms with van der Waals surface area (Å²) < 4.78 is 0. The maximum atomic E-state index is 12.4. The number of pyridine rings is 1. The molecule has 0 atom stereocenters. The Hall–Kier alpha value is -3.01. The molecular formula is C21H18N2O2. The van der Waals surface area contributed by atoms with Crippen LogP contribution in [0.4, 0.5) is 0 Å². The van der Waals surface area contributed by atoms with Gasteiger partial charge in [0.1, 0.15) is 5.69 Å². The van der Waals surface area contributed by atoms with Crippen molar-refractivity contribution in [3.05, 3.63) is 66.0 Å². The van der Waals surface area contributed by atoms with Gasteiger partial charge in [-0.3, -0.25) is 14.6 Å². The SMILES string of the molecule is O=Cc1cccc2cc(-c3ccc(C(=O)N4CCCC4)nc3)ccc12. The van der Waals surface area contributed by atoms with Crippen molar-refractivity contribution < 1.29 is 9.59 Å². The molecule has 1 fully saturated rings. The minimum atomic E-state index is 0.0122. The Labute approximate surface area is 146 Å². The number of likely N-dealkylation sites (tertiary alicyclic amines) is 1. The largest absolute Gasteiger partial charge is 0.337 e. The molecule has 4 rings (SSSR count). The minimum Gasteiger partial charge on any atom is -0.337 e. The maximum absolute atomic E-state index is 12.4. The lowest BCUT2D eigenvalue weighted by Gasteiger charge is -2.14. The molecule has 4 heteroatoms. The molecule has 1 saturated heterocycles. The van der Waals surface area contributed by atoms with Crippen LogP contribution in [0.2, 0.25) is 0 Å². The Morgan fingerprint density at radius 3 is 2.52 bits per heavy atom. The van der Waals surface area contributed by atoms with Gasteiger partial charge in [-0.25, -0.2) is 0 Å². The monoisotopic (exact) mass is 330 g/mol. The molecule has 3 aromatic rings. The molecule has 0 radical (unpaired) electrons. The summed E-state index contributed by atoms with van der Waals surface area (Å²) in [4.78, 5) is 29.7. The molecule has 0 spiro atoms. The second-order valence-electron chi connectivity index (χ2n) is 6.33. The van der Waals surface area contributed by atoms with E-state index in [9.17, 15) is 9.59 Å². The van der Waals surface area contributed by atoms with Crippen molar-refractivity contribution in [2.24, 2.45) is 0 Å². The van der Waals surface area contributed by atoms with Crippen molar-refractivity contribution in [2.75, 3.05) is 13.1 Å². The third-order valence-corrected chi connectivity index (χ3v) is 4.75. The summed E-state index contributed by atoms with van der Waals surface area (Å²) in [7, 11) is 0. The Balaban J connectivity index is 1.64. The predicted molar refractivity (Wildman–Crippen MR) is 97.7 cm³/mol. The quantitative estimate of drug-likeness (QED) is 0.683. The van der Waals surface area contributed by atoms with Gasteiger partial charge in [0.25, 0.3) is 5.91 Å². The van der Waals surface area contributed by atoms with Crippen LogP contribution in [0.5, 0.6) is 0 Å². The first-order valence-corrected chi connectivity index (χ1v) is 8.50. The molecule has 124 valence electrons. The molecule has 0 aliphatic carbocycles. The van der Waals surface area contributed by atoms with Crippen molar-refractivity contribution in [3.8, 4) is 11.1 Å². The molecule has 0 unspecified atom stereocenters. The zero-order valence-corrected chi connectivity index (χ0v) is 13.8. The summed E-state index contributed by atoms with van der Waals surface area (Å²) in [6, 6.07) is 15.4. The Bertz CT molecular complexity index is 942. The molecule has 2 heterocycles. The number of carbonyl (C=O) groups excluding carboxylic acids is 2. The summed E-state index contributed by atoms with van der Waals surface area (Å²) in [5.74, 6) is 0.0122. The number of amides is 1. The molecular weight excluding hydrogens is 312 g/mol. The molecule has 0 bridgehead atoms. The number of carbonyl (C=O) groups is 2. The van der Waals surface area contributed by atoms with Gasteiger partial charge >= 0.3 is 0 Å². The van der Waals surface area contributed by atoms with E-state index in [1.54, 1.807) is 12.3 Å². The number of hydrogen-bond donors (Lipinski definition) is 0. The normalized spacial score (nSPS) is 14.0. The van der Waals surface area contributed by atoms with Gasteiger partial charge in [0.2, 0.25) is 0 Å². The van der Waals surface area contributed by atoms with Gasteiger partial charge in [0.15, 0.2) is 6.29 Å². The van der Waals surface area contributed by atoms with E-state index in [1.165, 1.54) is 0 Å². The summed E-state index contributed by atoms with van der Waals surface area (Å²) >= 11 is 0. The first-order chi connectivity index (χ1) is 12.3. The van der Waals surface area contributed by atoms with Crippen molar-refractivity contribution in [2.45, 2.75) is 12.8 Å². The highest BCUT2D eigenvalue weighted by atomic mass is 16.2. The molecule has 0 N–H and O–H groups in total. The zero-order valence-electron chi connectivity index (χ0n) is 13.8. The van der Waals surface area contributed by atoms with Crippen LogP contribution in [0.3, 0.4) is 0 Å². The van der Waals surface area contributed by atoms with Crippen LogP contribution >= 0.6 is 0 Å². The molecule has 1 aliphatic heterocycles. The molecule has 1 aromatic heterocycles. The van der Waals surface area contributed by atoms with Gasteiger partial charge in [-0.2, -0.15) is 0 Å². The number of fused-ring (bicyclic) bond motifs is 1. The van der Waals surface area contributed by atoms with E-state index in [-0.39, 0.29) is 5.91 Å². The predicted octanol–water partition coefficient (Wildman–Crippen LogP) is 3.95. The summed E-state index contributed by atoms with van der Waals surface area (Å²) in [5, 5.41) is 1.95. The van der Waals surface area contributed by atoms with Crippen LogP contribution in [0.25, 0.3) is 21.9 Å². The topological polar surface area (TPSA) is 50.3 Å². The van der Waals surface area contributed by atoms with Crippen molar-refractivity contribution in [1.82, 2.24) is 9.88 Å². The Morgan fingerprint density at radius 1 is 1.00 bits per heavy atom. The molecule has 2 aromatic carbocycles.